The van der Waals surface area contributed by atoms with Crippen LogP contribution in [0, 0.1) is 0 Å². The number of aromatic nitrogens is 4. The minimum Gasteiger partial charge on any atom is -1.00 e. The van der Waals surface area contributed by atoms with Gasteiger partial charge >= 0.3 is 0 Å². The quantitative estimate of drug-likeness (QED) is 0.344. The molecule has 0 aliphatic heterocycles. The highest BCUT2D eigenvalue weighted by atomic mass is 35.5. The smallest absolute Gasteiger partial charge is 0.293 e. The molecule has 2 aromatic rings. The topological polar surface area (TPSA) is 112 Å². The number of unbranched alkanes of at least 4 members (excludes halogenated alkanes) is 5. The third kappa shape index (κ3) is 7.46. The number of hydrogen-bond donors (Lipinski definition) is 2. The van der Waals surface area contributed by atoms with E-state index in [1.807, 2.05) is 0 Å². The molecule has 22 heavy (non-hydrogen) atoms. The maximum absolute atomic E-state index is 5.44. The Morgan fingerprint density at radius 2 is 1.09 bits per heavy atom. The molecule has 2 rings (SSSR count). The number of nitrogens with zero attached hydrogens (tertiary/aromatic N) is 4. The van der Waals surface area contributed by atoms with Crippen LogP contribution in [0.4, 0.5) is 11.8 Å². The van der Waals surface area contributed by atoms with Crippen molar-refractivity contribution in [2.75, 3.05) is 11.5 Å². The average Bonchev–Trinajstić information content (AvgIpc) is 3.02. The summed E-state index contributed by atoms with van der Waals surface area (Å²) in [6.07, 6.45) is 10.4. The van der Waals surface area contributed by atoms with E-state index in [0.29, 0.717) is 11.8 Å². The summed E-state index contributed by atoms with van der Waals surface area (Å²) < 4.78 is 13.0. The third-order valence-corrected chi connectivity index (χ3v) is 3.08. The Labute approximate surface area is 141 Å². The standard InChI is InChI=1S/C12H22N6O2.2ClH/c13-11-9-17(15-19-11)7-5-3-1-2-4-6-8-18-10-12(14)20-16-18;;/h9-10H,1-8,13-14H2;2*1H/q+2;;/p-2. The Morgan fingerprint density at radius 1 is 0.727 bits per heavy atom. The predicted octanol–water partition coefficient (Wildman–Crippen LogP) is -5.55. The first kappa shape index (κ1) is 20.5. The fraction of sp³-hybridized carbons (Fsp3) is 0.667. The molecule has 0 aliphatic rings. The molecule has 8 nitrogen and oxygen atoms in total. The summed E-state index contributed by atoms with van der Waals surface area (Å²) in [4.78, 5) is 0. The minimum absolute atomic E-state index is 0. The highest BCUT2D eigenvalue weighted by Crippen LogP contribution is 2.05. The molecule has 2 aromatic heterocycles. The maximum atomic E-state index is 5.44. The molecule has 0 amide bonds. The van der Waals surface area contributed by atoms with Crippen molar-refractivity contribution in [3.63, 3.8) is 0 Å². The van der Waals surface area contributed by atoms with Gasteiger partial charge in [0.2, 0.25) is 10.5 Å². The number of nitrogen functional groups attached to an aromatic ring is 2. The van der Waals surface area contributed by atoms with Crippen molar-refractivity contribution < 1.29 is 43.2 Å². The molecule has 4 N–H and O–H groups in total. The molecule has 0 aromatic carbocycles. The molecule has 0 radical (unpaired) electrons. The van der Waals surface area contributed by atoms with E-state index < -0.39 is 0 Å². The highest BCUT2D eigenvalue weighted by molar-refractivity contribution is 5.11. The van der Waals surface area contributed by atoms with Gasteiger partial charge in [0.25, 0.3) is 24.2 Å². The van der Waals surface area contributed by atoms with Crippen LogP contribution in [0.15, 0.2) is 21.4 Å². The van der Waals surface area contributed by atoms with Crippen LogP contribution in [0.3, 0.4) is 0 Å². The lowest BCUT2D eigenvalue weighted by Crippen LogP contribution is -3.00. The van der Waals surface area contributed by atoms with Gasteiger partial charge in [-0.05, 0) is 12.8 Å². The Hall–Kier alpha value is -1.54. The van der Waals surface area contributed by atoms with Crippen molar-refractivity contribution in [2.45, 2.75) is 51.6 Å². The lowest BCUT2D eigenvalue weighted by Gasteiger charge is -1.96. The van der Waals surface area contributed by atoms with Gasteiger partial charge in [0, 0.05) is 12.8 Å². The zero-order chi connectivity index (χ0) is 14.2. The maximum Gasteiger partial charge on any atom is 0.293 e. The summed E-state index contributed by atoms with van der Waals surface area (Å²) in [6, 6.07) is 0. The van der Waals surface area contributed by atoms with Gasteiger partial charge in [-0.1, -0.05) is 22.2 Å². The number of rotatable bonds is 9. The fourth-order valence-corrected chi connectivity index (χ4v) is 2.05. The molecule has 0 aliphatic carbocycles. The van der Waals surface area contributed by atoms with Crippen LogP contribution in [0.1, 0.15) is 38.5 Å². The zero-order valence-electron chi connectivity index (χ0n) is 12.3. The van der Waals surface area contributed by atoms with E-state index in [-0.39, 0.29) is 24.8 Å². The summed E-state index contributed by atoms with van der Waals surface area (Å²) in [7, 11) is 0. The van der Waals surface area contributed by atoms with Crippen molar-refractivity contribution in [2.24, 2.45) is 0 Å². The molecule has 0 spiro atoms. The first-order chi connectivity index (χ1) is 9.74. The van der Waals surface area contributed by atoms with Crippen LogP contribution in [-0.2, 0) is 13.1 Å². The lowest BCUT2D eigenvalue weighted by molar-refractivity contribution is -0.762. The second-order valence-corrected chi connectivity index (χ2v) is 4.86. The van der Waals surface area contributed by atoms with E-state index in [2.05, 4.69) is 10.5 Å². The Balaban J connectivity index is 0.00000220. The summed E-state index contributed by atoms with van der Waals surface area (Å²) >= 11 is 0. The van der Waals surface area contributed by atoms with Gasteiger partial charge in [0.15, 0.2) is 13.1 Å². The SMILES string of the molecule is Nc1c[n+](CCCCCCCC[n+]2cc(N)on2)no1.[Cl-].[Cl-]. The number of halogens is 2. The van der Waals surface area contributed by atoms with E-state index >= 15 is 0 Å². The molecule has 0 bridgehead atoms. The summed E-state index contributed by atoms with van der Waals surface area (Å²) in [6.45, 7) is 1.71. The minimum atomic E-state index is 0. The van der Waals surface area contributed by atoms with E-state index in [1.165, 1.54) is 25.7 Å². The molecule has 0 unspecified atom stereocenters. The summed E-state index contributed by atoms with van der Waals surface area (Å²) in [5.74, 6) is 0.715. The Kier molecular flexibility index (Phi) is 10.3. The Bertz CT molecular complexity index is 473. The Morgan fingerprint density at radius 3 is 1.41 bits per heavy atom. The first-order valence-electron chi connectivity index (χ1n) is 6.98. The van der Waals surface area contributed by atoms with Gasteiger partial charge in [-0.25, -0.2) is 0 Å². The normalized spacial score (nSPS) is 10.0. The molecular formula is C12H22Cl2N6O2. The number of anilines is 2. The summed E-state index contributed by atoms with van der Waals surface area (Å²) in [5, 5.41) is 7.57. The van der Waals surface area contributed by atoms with Gasteiger partial charge < -0.3 is 36.3 Å². The molecule has 0 saturated carbocycles. The van der Waals surface area contributed by atoms with Gasteiger partial charge in [0.1, 0.15) is 0 Å². The summed E-state index contributed by atoms with van der Waals surface area (Å²) in [5.41, 5.74) is 10.9. The molecule has 126 valence electrons. The molecule has 0 atom stereocenters. The van der Waals surface area contributed by atoms with Crippen LogP contribution in [0.5, 0.6) is 0 Å². The van der Waals surface area contributed by atoms with E-state index in [0.717, 1.165) is 25.9 Å². The predicted molar refractivity (Wildman–Crippen MR) is 69.9 cm³/mol. The molecular weight excluding hydrogens is 331 g/mol. The van der Waals surface area contributed by atoms with Crippen LogP contribution in [0.2, 0.25) is 0 Å². The third-order valence-electron chi connectivity index (χ3n) is 3.08. The van der Waals surface area contributed by atoms with Gasteiger partial charge in [-0.15, -0.1) is 0 Å². The van der Waals surface area contributed by atoms with E-state index in [1.54, 1.807) is 21.8 Å². The number of aryl methyl sites for hydroxylation is 2. The van der Waals surface area contributed by atoms with Crippen molar-refractivity contribution in [3.05, 3.63) is 12.4 Å². The molecule has 2 heterocycles. The number of nitrogens with two attached hydrogens (primary N) is 2. The largest absolute Gasteiger partial charge is 1.00 e. The van der Waals surface area contributed by atoms with Crippen LogP contribution in [0.25, 0.3) is 0 Å². The van der Waals surface area contributed by atoms with Gasteiger partial charge in [-0.3, -0.25) is 9.05 Å². The monoisotopic (exact) mass is 352 g/mol. The van der Waals surface area contributed by atoms with Gasteiger partial charge in [-0.2, -0.15) is 0 Å². The van der Waals surface area contributed by atoms with Crippen molar-refractivity contribution in [3.8, 4) is 0 Å². The van der Waals surface area contributed by atoms with E-state index in [4.69, 9.17) is 20.5 Å². The molecule has 0 saturated heterocycles. The molecule has 0 fully saturated rings. The lowest BCUT2D eigenvalue weighted by atomic mass is 10.1. The molecule has 10 heteroatoms. The second-order valence-electron chi connectivity index (χ2n) is 4.86. The first-order valence-corrected chi connectivity index (χ1v) is 6.98. The number of hydrogen-bond acceptors (Lipinski definition) is 6. The van der Waals surface area contributed by atoms with Crippen molar-refractivity contribution in [1.29, 1.82) is 0 Å². The zero-order valence-corrected chi connectivity index (χ0v) is 13.8. The van der Waals surface area contributed by atoms with Gasteiger partial charge in [0.05, 0.1) is 0 Å². The van der Waals surface area contributed by atoms with Crippen LogP contribution < -0.4 is 45.6 Å². The van der Waals surface area contributed by atoms with Crippen LogP contribution in [-0.4, -0.2) is 10.5 Å². The highest BCUT2D eigenvalue weighted by Gasteiger charge is 2.08. The van der Waals surface area contributed by atoms with Crippen molar-refractivity contribution in [1.82, 2.24) is 10.5 Å². The van der Waals surface area contributed by atoms with E-state index in [9.17, 15) is 0 Å². The fourth-order valence-electron chi connectivity index (χ4n) is 2.05. The van der Waals surface area contributed by atoms with Crippen molar-refractivity contribution >= 4 is 11.8 Å². The second kappa shape index (κ2) is 11.1. The van der Waals surface area contributed by atoms with Crippen LogP contribution >= 0.6 is 0 Å². The average molecular weight is 353 g/mol.